The van der Waals surface area contributed by atoms with Crippen molar-refractivity contribution in [1.29, 1.82) is 0 Å². The summed E-state index contributed by atoms with van der Waals surface area (Å²) < 4.78 is 21.4. The Hall–Kier alpha value is -3.14. The zero-order valence-electron chi connectivity index (χ0n) is 23.8. The van der Waals surface area contributed by atoms with Gasteiger partial charge in [0.25, 0.3) is 5.72 Å². The number of carboxylic acids is 1. The SMILES string of the molecule is CCC(C)CC(=O)Oc1ccc(C[C@](NC(C)C)(OC(=O)OC(C)C)C(=O)O)cc1OC(=O)CC(C)CC. The molecule has 0 heterocycles. The van der Waals surface area contributed by atoms with Crippen molar-refractivity contribution in [3.63, 3.8) is 0 Å². The number of rotatable bonds is 15. The standard InChI is InChI=1S/C28H43NO9/c1-9-19(7)13-24(30)36-22-12-11-21(15-23(22)37-25(31)14-20(8)10-2)16-28(26(32)33,29-17(3)4)38-27(34)35-18(5)6/h11-12,15,17-20,29H,9-10,13-14,16H2,1-8H3,(H,32,33)/t19?,20?,28-/m0/s1. The molecule has 1 aromatic rings. The van der Waals surface area contributed by atoms with Crippen LogP contribution >= 0.6 is 0 Å². The van der Waals surface area contributed by atoms with Gasteiger partial charge < -0.3 is 24.1 Å². The van der Waals surface area contributed by atoms with Crippen LogP contribution in [-0.2, 0) is 30.3 Å². The molecule has 0 saturated carbocycles. The van der Waals surface area contributed by atoms with Crippen LogP contribution < -0.4 is 14.8 Å². The lowest BCUT2D eigenvalue weighted by Crippen LogP contribution is -2.59. The maximum atomic E-state index is 12.6. The molecule has 0 aliphatic carbocycles. The number of hydrogen-bond donors (Lipinski definition) is 2. The van der Waals surface area contributed by atoms with Crippen LogP contribution in [0.3, 0.4) is 0 Å². The largest absolute Gasteiger partial charge is 0.510 e. The van der Waals surface area contributed by atoms with Crippen molar-refractivity contribution in [2.24, 2.45) is 11.8 Å². The number of hydrogen-bond acceptors (Lipinski definition) is 9. The highest BCUT2D eigenvalue weighted by Gasteiger charge is 2.44. The van der Waals surface area contributed by atoms with Crippen LogP contribution in [0.1, 0.15) is 86.6 Å². The zero-order chi connectivity index (χ0) is 29.0. The predicted octanol–water partition coefficient (Wildman–Crippen LogP) is 5.25. The maximum Gasteiger partial charge on any atom is 0.510 e. The van der Waals surface area contributed by atoms with Gasteiger partial charge in [-0.15, -0.1) is 0 Å². The Morgan fingerprint density at radius 1 is 0.868 bits per heavy atom. The van der Waals surface area contributed by atoms with E-state index in [9.17, 15) is 24.3 Å². The van der Waals surface area contributed by atoms with E-state index in [1.54, 1.807) is 27.7 Å². The van der Waals surface area contributed by atoms with Gasteiger partial charge in [-0.25, -0.2) is 9.59 Å². The van der Waals surface area contributed by atoms with Crippen LogP contribution in [0.5, 0.6) is 11.5 Å². The quantitative estimate of drug-likeness (QED) is 0.173. The molecule has 0 aliphatic rings. The van der Waals surface area contributed by atoms with Crippen molar-refractivity contribution in [1.82, 2.24) is 5.32 Å². The van der Waals surface area contributed by atoms with Crippen molar-refractivity contribution in [2.45, 2.75) is 105 Å². The topological polar surface area (TPSA) is 137 Å². The number of benzene rings is 1. The fourth-order valence-corrected chi connectivity index (χ4v) is 3.42. The van der Waals surface area contributed by atoms with Crippen LogP contribution in [0, 0.1) is 11.8 Å². The molecular weight excluding hydrogens is 494 g/mol. The molecule has 214 valence electrons. The van der Waals surface area contributed by atoms with Gasteiger partial charge in [0.1, 0.15) is 0 Å². The first-order valence-corrected chi connectivity index (χ1v) is 13.2. The molecule has 3 atom stereocenters. The van der Waals surface area contributed by atoms with Gasteiger partial charge >= 0.3 is 24.1 Å². The van der Waals surface area contributed by atoms with Gasteiger partial charge in [-0.3, -0.25) is 14.9 Å². The fraction of sp³-hybridized carbons (Fsp3) is 0.643. The average molecular weight is 538 g/mol. The Morgan fingerprint density at radius 3 is 1.84 bits per heavy atom. The minimum absolute atomic E-state index is 0.0260. The molecule has 1 rings (SSSR count). The summed E-state index contributed by atoms with van der Waals surface area (Å²) in [6, 6.07) is 3.99. The fourth-order valence-electron chi connectivity index (χ4n) is 3.42. The summed E-state index contributed by atoms with van der Waals surface area (Å²) in [5.74, 6) is -2.23. The summed E-state index contributed by atoms with van der Waals surface area (Å²) in [5.41, 5.74) is -1.82. The molecule has 0 amide bonds. The second kappa shape index (κ2) is 15.3. The number of esters is 2. The summed E-state index contributed by atoms with van der Waals surface area (Å²) in [6.07, 6.45) is -0.0866. The third-order valence-electron chi connectivity index (χ3n) is 5.79. The molecule has 10 heteroatoms. The van der Waals surface area contributed by atoms with Gasteiger partial charge in [0, 0.05) is 25.3 Å². The van der Waals surface area contributed by atoms with Crippen molar-refractivity contribution in [3.05, 3.63) is 23.8 Å². The summed E-state index contributed by atoms with van der Waals surface area (Å²) in [7, 11) is 0. The van der Waals surface area contributed by atoms with E-state index in [4.69, 9.17) is 18.9 Å². The number of carbonyl (C=O) groups is 4. The molecule has 0 fully saturated rings. The van der Waals surface area contributed by atoms with E-state index in [0.29, 0.717) is 5.56 Å². The maximum absolute atomic E-state index is 12.6. The van der Waals surface area contributed by atoms with Crippen molar-refractivity contribution in [2.75, 3.05) is 0 Å². The third-order valence-corrected chi connectivity index (χ3v) is 5.79. The summed E-state index contributed by atoms with van der Waals surface area (Å²) in [6.45, 7) is 14.4. The number of ether oxygens (including phenoxy) is 4. The number of carbonyl (C=O) groups excluding carboxylic acids is 3. The monoisotopic (exact) mass is 537 g/mol. The number of nitrogens with one attached hydrogen (secondary N) is 1. The van der Waals surface area contributed by atoms with Gasteiger partial charge in [-0.05, 0) is 57.2 Å². The van der Waals surface area contributed by atoms with Crippen molar-refractivity contribution < 1.29 is 43.2 Å². The number of aliphatic carboxylic acids is 1. The molecule has 0 spiro atoms. The van der Waals surface area contributed by atoms with Crippen LogP contribution in [0.2, 0.25) is 0 Å². The van der Waals surface area contributed by atoms with Gasteiger partial charge in [0.15, 0.2) is 11.5 Å². The van der Waals surface area contributed by atoms with Gasteiger partial charge in [-0.2, -0.15) is 0 Å². The molecule has 0 saturated heterocycles. The summed E-state index contributed by atoms with van der Waals surface area (Å²) in [5, 5.41) is 12.9. The van der Waals surface area contributed by atoms with E-state index >= 15 is 0 Å². The van der Waals surface area contributed by atoms with Crippen LogP contribution in [0.4, 0.5) is 4.79 Å². The van der Waals surface area contributed by atoms with Crippen molar-refractivity contribution in [3.8, 4) is 11.5 Å². The molecule has 0 bridgehead atoms. The molecule has 0 radical (unpaired) electrons. The third kappa shape index (κ3) is 11.1. The van der Waals surface area contributed by atoms with E-state index < -0.39 is 35.9 Å². The van der Waals surface area contributed by atoms with Crippen LogP contribution in [-0.4, -0.2) is 47.0 Å². The first-order valence-electron chi connectivity index (χ1n) is 13.2. The smallest absolute Gasteiger partial charge is 0.477 e. The Balaban J connectivity index is 3.42. The van der Waals surface area contributed by atoms with Gasteiger partial charge in [-0.1, -0.05) is 46.6 Å². The normalized spacial score (nSPS) is 14.4. The van der Waals surface area contributed by atoms with E-state index in [1.165, 1.54) is 18.2 Å². The average Bonchev–Trinajstić information content (AvgIpc) is 2.79. The highest BCUT2D eigenvalue weighted by Crippen LogP contribution is 2.32. The summed E-state index contributed by atoms with van der Waals surface area (Å²) >= 11 is 0. The Morgan fingerprint density at radius 2 is 1.39 bits per heavy atom. The molecule has 2 unspecified atom stereocenters. The minimum atomic E-state index is -2.17. The lowest BCUT2D eigenvalue weighted by Gasteiger charge is -2.32. The molecule has 2 N–H and O–H groups in total. The van der Waals surface area contributed by atoms with Gasteiger partial charge in [0.2, 0.25) is 0 Å². The Labute approximate surface area is 225 Å². The van der Waals surface area contributed by atoms with E-state index in [1.807, 2.05) is 27.7 Å². The second-order valence-electron chi connectivity index (χ2n) is 10.3. The highest BCUT2D eigenvalue weighted by atomic mass is 16.7. The molecule has 1 aromatic carbocycles. The van der Waals surface area contributed by atoms with Crippen LogP contribution in [0.25, 0.3) is 0 Å². The molecule has 0 aromatic heterocycles. The first kappa shape index (κ1) is 32.9. The predicted molar refractivity (Wildman–Crippen MR) is 141 cm³/mol. The van der Waals surface area contributed by atoms with E-state index in [0.717, 1.165) is 12.8 Å². The highest BCUT2D eigenvalue weighted by molar-refractivity contribution is 5.81. The van der Waals surface area contributed by atoms with Gasteiger partial charge in [0.05, 0.1) is 6.10 Å². The minimum Gasteiger partial charge on any atom is -0.477 e. The zero-order valence-corrected chi connectivity index (χ0v) is 23.8. The second-order valence-corrected chi connectivity index (χ2v) is 10.3. The van der Waals surface area contributed by atoms with Crippen LogP contribution in [0.15, 0.2) is 18.2 Å². The molecule has 38 heavy (non-hydrogen) atoms. The lowest BCUT2D eigenvalue weighted by molar-refractivity contribution is -0.167. The molecule has 0 aliphatic heterocycles. The Bertz CT molecular complexity index is 960. The first-order chi connectivity index (χ1) is 17.7. The number of carboxylic acid groups (broad SMARTS) is 1. The Kier molecular flexibility index (Phi) is 13.3. The van der Waals surface area contributed by atoms with Crippen molar-refractivity contribution >= 4 is 24.1 Å². The lowest BCUT2D eigenvalue weighted by atomic mass is 10.0. The van der Waals surface area contributed by atoms with E-state index in [2.05, 4.69) is 5.32 Å². The summed E-state index contributed by atoms with van der Waals surface area (Å²) in [4.78, 5) is 49.7. The molecular formula is C28H43NO9. The van der Waals surface area contributed by atoms with E-state index in [-0.39, 0.29) is 48.6 Å². The molecule has 10 nitrogen and oxygen atoms in total.